The molecule has 1 fully saturated rings. The largest absolute Gasteiger partial charge is 0.508 e. The van der Waals surface area contributed by atoms with Gasteiger partial charge in [-0.3, -0.25) is 34.5 Å². The van der Waals surface area contributed by atoms with E-state index >= 15 is 0 Å². The molecule has 0 radical (unpaired) electrons. The minimum Gasteiger partial charge on any atom is -0.508 e. The van der Waals surface area contributed by atoms with Crippen molar-refractivity contribution in [3.63, 3.8) is 0 Å². The molecule has 0 bridgehead atoms. The van der Waals surface area contributed by atoms with Gasteiger partial charge in [-0.15, -0.1) is 0 Å². The quantitative estimate of drug-likeness (QED) is 0.0440. The molecule has 6 rings (SSSR count). The van der Waals surface area contributed by atoms with E-state index in [-0.39, 0.29) is 54.1 Å². The predicted molar refractivity (Wildman–Crippen MR) is 275 cm³/mol. The first-order valence-electron chi connectivity index (χ1n) is 23.6. The number of ether oxygens (including phenoxy) is 2. The molecule has 2 aromatic carbocycles. The first kappa shape index (κ1) is 56.0. The molecule has 3 unspecified atom stereocenters. The Morgan fingerprint density at radius 3 is 2.33 bits per heavy atom. The lowest BCUT2D eigenvalue weighted by molar-refractivity contribution is -0.131. The van der Waals surface area contributed by atoms with Gasteiger partial charge in [-0.2, -0.15) is 0 Å². The number of fused-ring (bicyclic) bond motifs is 1. The summed E-state index contributed by atoms with van der Waals surface area (Å²) in [6, 6.07) is 17.5. The van der Waals surface area contributed by atoms with Crippen LogP contribution < -0.4 is 16.1 Å². The molecule has 1 aliphatic heterocycles. The molecule has 2 amide bonds. The number of aromatic nitrogens is 3. The number of rotatable bonds is 20. The highest BCUT2D eigenvalue weighted by atomic mass is 16.5. The van der Waals surface area contributed by atoms with Gasteiger partial charge in [-0.25, -0.2) is 9.99 Å². The van der Waals surface area contributed by atoms with Crippen LogP contribution in [-0.4, -0.2) is 120 Å². The third kappa shape index (κ3) is 15.7. The number of aldehydes is 2. The normalized spacial score (nSPS) is 14.0. The monoisotopic (exact) mass is 961 g/mol. The average Bonchev–Trinajstić information content (AvgIpc) is 3.64. The summed E-state index contributed by atoms with van der Waals surface area (Å²) in [6.07, 6.45) is 9.02. The fourth-order valence-corrected chi connectivity index (χ4v) is 8.56. The number of hydrazine groups is 1. The second kappa shape index (κ2) is 27.0. The van der Waals surface area contributed by atoms with Crippen LogP contribution >= 0.6 is 0 Å². The van der Waals surface area contributed by atoms with Crippen LogP contribution in [0, 0.1) is 11.3 Å². The number of carbonyl (C=O) groups excluding carboxylic acids is 5. The molecule has 5 aromatic rings. The Bertz CT molecular complexity index is 2520. The van der Waals surface area contributed by atoms with Gasteiger partial charge in [0.15, 0.2) is 6.29 Å². The van der Waals surface area contributed by atoms with Gasteiger partial charge < -0.3 is 34.6 Å². The Balaban J connectivity index is 0.000000436. The third-order valence-corrected chi connectivity index (χ3v) is 11.9. The van der Waals surface area contributed by atoms with E-state index < -0.39 is 6.04 Å². The molecule has 0 saturated carbocycles. The highest BCUT2D eigenvalue weighted by molar-refractivity contribution is 5.98. The summed E-state index contributed by atoms with van der Waals surface area (Å²) in [5.41, 5.74) is 10.6. The molecule has 0 spiro atoms. The number of pyridine rings is 2. The average molecular weight is 961 g/mol. The fourth-order valence-electron chi connectivity index (χ4n) is 8.56. The maximum Gasteiger partial charge on any atom is 0.293 e. The minimum atomic E-state index is -0.757. The molecule has 3 atom stereocenters. The lowest BCUT2D eigenvalue weighted by Gasteiger charge is -2.28. The zero-order valence-corrected chi connectivity index (χ0v) is 42.5. The number of hydrogen-bond acceptors (Lipinski definition) is 13. The van der Waals surface area contributed by atoms with E-state index in [1.54, 1.807) is 37.6 Å². The van der Waals surface area contributed by atoms with E-state index in [1.165, 1.54) is 25.6 Å². The summed E-state index contributed by atoms with van der Waals surface area (Å²) in [4.78, 5) is 67.9. The number of anilines is 1. The van der Waals surface area contributed by atoms with Crippen LogP contribution in [0.3, 0.4) is 0 Å². The first-order chi connectivity index (χ1) is 33.4. The Morgan fingerprint density at radius 2 is 1.77 bits per heavy atom. The number of benzene rings is 2. The molecular formula is C54H72N8O8. The molecule has 16 heteroatoms. The zero-order chi connectivity index (χ0) is 51.5. The van der Waals surface area contributed by atoms with Crippen LogP contribution in [0.1, 0.15) is 87.7 Å². The number of likely N-dealkylation sites (N-methyl/N-ethyl adjacent to an activating group) is 1. The maximum atomic E-state index is 13.1. The maximum absolute atomic E-state index is 13.1. The first-order valence-corrected chi connectivity index (χ1v) is 23.6. The number of aryl methyl sites for hydroxylation is 1. The molecule has 1 saturated heterocycles. The van der Waals surface area contributed by atoms with E-state index in [0.29, 0.717) is 37.1 Å². The number of phenols is 1. The van der Waals surface area contributed by atoms with E-state index in [9.17, 15) is 29.1 Å². The van der Waals surface area contributed by atoms with Crippen molar-refractivity contribution < 1.29 is 38.6 Å². The van der Waals surface area contributed by atoms with E-state index in [1.807, 2.05) is 58.0 Å². The Hall–Kier alpha value is -6.59. The van der Waals surface area contributed by atoms with Crippen LogP contribution in [0.5, 0.6) is 5.75 Å². The van der Waals surface area contributed by atoms with Gasteiger partial charge in [0.05, 0.1) is 36.2 Å². The van der Waals surface area contributed by atoms with Crippen LogP contribution in [0.25, 0.3) is 33.3 Å². The summed E-state index contributed by atoms with van der Waals surface area (Å²) < 4.78 is 13.3. The second-order valence-electron chi connectivity index (χ2n) is 18.7. The van der Waals surface area contributed by atoms with Crippen LogP contribution in [0.4, 0.5) is 5.82 Å². The lowest BCUT2D eigenvalue weighted by Crippen LogP contribution is -2.50. The summed E-state index contributed by atoms with van der Waals surface area (Å²) >= 11 is 0. The van der Waals surface area contributed by atoms with Gasteiger partial charge in [0.25, 0.3) is 6.47 Å². The molecule has 16 nitrogen and oxygen atoms in total. The topological polar surface area (TPSA) is 197 Å². The van der Waals surface area contributed by atoms with Crippen LogP contribution in [0.15, 0.2) is 85.7 Å². The van der Waals surface area contributed by atoms with Crippen molar-refractivity contribution in [2.75, 3.05) is 53.3 Å². The van der Waals surface area contributed by atoms with E-state index in [2.05, 4.69) is 83.2 Å². The van der Waals surface area contributed by atoms with Gasteiger partial charge in [0.2, 0.25) is 11.8 Å². The molecule has 4 N–H and O–H groups in total. The number of hydrogen-bond donors (Lipinski definition) is 4. The van der Waals surface area contributed by atoms with Gasteiger partial charge >= 0.3 is 0 Å². The van der Waals surface area contributed by atoms with Gasteiger partial charge in [-0.1, -0.05) is 46.4 Å². The van der Waals surface area contributed by atoms with Gasteiger partial charge in [0.1, 0.15) is 17.9 Å². The van der Waals surface area contributed by atoms with E-state index in [4.69, 9.17) is 14.5 Å². The number of methoxy groups -OCH3 is 1. The van der Waals surface area contributed by atoms with E-state index in [0.717, 1.165) is 69.0 Å². The van der Waals surface area contributed by atoms with Crippen LogP contribution in [0.2, 0.25) is 0 Å². The molecule has 0 aliphatic carbocycles. The Kier molecular flexibility index (Phi) is 21.6. The molecule has 70 heavy (non-hydrogen) atoms. The summed E-state index contributed by atoms with van der Waals surface area (Å²) in [7, 11) is 7.44. The third-order valence-electron chi connectivity index (χ3n) is 11.9. The summed E-state index contributed by atoms with van der Waals surface area (Å²) in [5.74, 6) is -0.0184. The van der Waals surface area contributed by atoms with Crippen LogP contribution in [-0.2, 0) is 48.0 Å². The number of phenolic OH excluding ortho intramolecular Hbond substituents is 1. The fraction of sp³-hybridized carbons (Fsp3) is 0.426. The van der Waals surface area contributed by atoms with Crippen molar-refractivity contribution in [1.82, 2.24) is 35.2 Å². The van der Waals surface area contributed by atoms with Crippen molar-refractivity contribution in [3.8, 4) is 28.1 Å². The highest BCUT2D eigenvalue weighted by Crippen LogP contribution is 2.42. The summed E-state index contributed by atoms with van der Waals surface area (Å²) in [6.45, 7) is 19.3. The number of aromatic hydroxyl groups is 1. The molecular weight excluding hydrogens is 889 g/mol. The van der Waals surface area contributed by atoms with Crippen molar-refractivity contribution in [2.24, 2.45) is 11.3 Å². The Morgan fingerprint density at radius 1 is 1.01 bits per heavy atom. The second-order valence-corrected chi connectivity index (χ2v) is 18.7. The number of carbonyl (C=O) groups is 5. The zero-order valence-electron chi connectivity index (χ0n) is 42.5. The molecule has 376 valence electrons. The number of nitrogens with one attached hydrogen (secondary N) is 3. The summed E-state index contributed by atoms with van der Waals surface area (Å²) in [5, 5.41) is 19.4. The van der Waals surface area contributed by atoms with Gasteiger partial charge in [-0.05, 0) is 136 Å². The lowest BCUT2D eigenvalue weighted by atomic mass is 9.84. The van der Waals surface area contributed by atoms with Crippen molar-refractivity contribution >= 4 is 47.6 Å². The van der Waals surface area contributed by atoms with Gasteiger partial charge in [0, 0.05) is 73.6 Å². The molecule has 3 aromatic heterocycles. The number of amides is 2. The highest BCUT2D eigenvalue weighted by Gasteiger charge is 2.29. The smallest absolute Gasteiger partial charge is 0.293 e. The van der Waals surface area contributed by atoms with Crippen molar-refractivity contribution in [2.45, 2.75) is 92.0 Å². The minimum absolute atomic E-state index is 0.0591. The molecule has 1 aliphatic rings. The number of nitrogens with zero attached hydrogens (tertiary/aromatic N) is 5. The van der Waals surface area contributed by atoms with Crippen molar-refractivity contribution in [3.05, 3.63) is 108 Å². The standard InChI is InChI=1S/C40H52N4O6.C9H8N2O2.C5H12N2/c1-10-44-35-14-13-28(29-16-27(18-31(47)19-29)17-30(22-45)42-39(48)37(25(2)3)43(7)8)20-33(35)34(21-40(5,6)23-50-24-46)38(44)32-12-11-15-41-36(32)26(4)49-9;1-2-9(13)11-8-4-3-7(6-12)5-10-8;1-7-5-3-2-4-6-7/h11-16,18-20,22,24-26,30,37,47H,10,17,21,23H2,1-9H3,(H,42,48);2-6H,1H2,(H,10,11,13);6H,2-5H2,1H3. The Labute approximate surface area is 412 Å². The SMILES string of the molecule is C=CC(=O)Nc1ccc(C=O)cn1.CCn1c(-c2cccnc2C(C)OC)c(CC(C)(C)COC=O)c2cc(-c3cc(O)cc(CC(C=O)NC(=O)C(C(C)C)N(C)C)c3)ccc21.CN1CCCCN1. The molecule has 4 heterocycles. The predicted octanol–water partition coefficient (Wildman–Crippen LogP) is 7.59. The van der Waals surface area contributed by atoms with Crippen molar-refractivity contribution in [1.29, 1.82) is 0 Å².